The third kappa shape index (κ3) is 4.78. The predicted molar refractivity (Wildman–Crippen MR) is 115 cm³/mol. The average Bonchev–Trinajstić information content (AvgIpc) is 2.92. The summed E-state index contributed by atoms with van der Waals surface area (Å²) in [4.78, 5) is 31.6. The van der Waals surface area contributed by atoms with Crippen molar-refractivity contribution in [3.63, 3.8) is 0 Å². The molecule has 164 valence electrons. The van der Waals surface area contributed by atoms with Gasteiger partial charge in [0, 0.05) is 18.0 Å². The van der Waals surface area contributed by atoms with Gasteiger partial charge in [0.05, 0.1) is 25.5 Å². The first-order chi connectivity index (χ1) is 14.5. The molecular formula is C21H27BrN2O6. The summed E-state index contributed by atoms with van der Waals surface area (Å²) < 4.78 is 22.9. The molecule has 0 bridgehead atoms. The van der Waals surface area contributed by atoms with Gasteiger partial charge >= 0.3 is 12.1 Å². The fraction of sp³-hybridized carbons (Fsp3) is 0.571. The zero-order valence-corrected chi connectivity index (χ0v) is 19.1. The van der Waals surface area contributed by atoms with E-state index < -0.39 is 12.1 Å². The molecule has 0 spiro atoms. The van der Waals surface area contributed by atoms with Crippen molar-refractivity contribution in [2.45, 2.75) is 58.6 Å². The lowest BCUT2D eigenvalue weighted by molar-refractivity contribution is 0.0493. The Hall–Kier alpha value is -2.13. The number of amides is 1. The van der Waals surface area contributed by atoms with Crippen molar-refractivity contribution in [2.75, 3.05) is 24.7 Å². The van der Waals surface area contributed by atoms with Crippen LogP contribution in [0.4, 0.5) is 10.5 Å². The van der Waals surface area contributed by atoms with Crippen molar-refractivity contribution >= 4 is 44.6 Å². The highest BCUT2D eigenvalue weighted by Crippen LogP contribution is 2.39. The van der Waals surface area contributed by atoms with Gasteiger partial charge in [-0.1, -0.05) is 6.92 Å². The fourth-order valence-corrected chi connectivity index (χ4v) is 4.06. The number of furan rings is 1. The molecule has 1 amide bonds. The van der Waals surface area contributed by atoms with Crippen LogP contribution in [0.5, 0.6) is 0 Å². The summed E-state index contributed by atoms with van der Waals surface area (Å²) >= 11 is 3.37. The molecule has 30 heavy (non-hydrogen) atoms. The summed E-state index contributed by atoms with van der Waals surface area (Å²) in [5, 5.41) is 0.589. The van der Waals surface area contributed by atoms with E-state index in [2.05, 4.69) is 27.8 Å². The van der Waals surface area contributed by atoms with Gasteiger partial charge in [0.2, 0.25) is 5.76 Å². The topological polar surface area (TPSA) is 91.1 Å². The minimum atomic E-state index is -0.633. The number of ether oxygens (including phenoxy) is 3. The standard InChI is InChI=1S/C21H27BrN2O6/c1-4-14-10-13(8-7-9-29-14)24(21(26)28-6-3)18-15-11-17(22)23-12-16(15)30-19(18)20(25)27-5-2/h11-14H,4-10H2,1-3H3/t13-,14+/m1/s1. The number of fused-ring (bicyclic) bond motifs is 1. The third-order valence-corrected chi connectivity index (χ3v) is 5.51. The van der Waals surface area contributed by atoms with Crippen LogP contribution in [-0.4, -0.2) is 49.0 Å². The van der Waals surface area contributed by atoms with E-state index >= 15 is 0 Å². The number of carbonyl (C=O) groups is 2. The van der Waals surface area contributed by atoms with E-state index in [1.807, 2.05) is 0 Å². The molecule has 9 heteroatoms. The number of hydrogen-bond acceptors (Lipinski definition) is 7. The molecule has 3 heterocycles. The summed E-state index contributed by atoms with van der Waals surface area (Å²) in [6, 6.07) is 1.52. The van der Waals surface area contributed by atoms with Crippen LogP contribution in [0.2, 0.25) is 0 Å². The minimum Gasteiger partial charge on any atom is -0.460 e. The lowest BCUT2D eigenvalue weighted by atomic mass is 10.0. The zero-order valence-electron chi connectivity index (χ0n) is 17.5. The molecule has 2 atom stereocenters. The maximum Gasteiger partial charge on any atom is 0.414 e. The molecule has 1 aliphatic heterocycles. The number of rotatable bonds is 6. The van der Waals surface area contributed by atoms with Crippen molar-refractivity contribution in [3.8, 4) is 0 Å². The number of pyridine rings is 1. The number of anilines is 1. The molecule has 2 aromatic rings. The van der Waals surface area contributed by atoms with Crippen molar-refractivity contribution in [2.24, 2.45) is 0 Å². The number of aromatic nitrogens is 1. The quantitative estimate of drug-likeness (QED) is 0.418. The normalized spacial score (nSPS) is 19.3. The van der Waals surface area contributed by atoms with Crippen LogP contribution in [0.25, 0.3) is 11.0 Å². The van der Waals surface area contributed by atoms with E-state index in [0.29, 0.717) is 34.3 Å². The van der Waals surface area contributed by atoms with Crippen LogP contribution in [0.3, 0.4) is 0 Å². The Balaban J connectivity index is 2.18. The van der Waals surface area contributed by atoms with E-state index in [4.69, 9.17) is 18.6 Å². The lowest BCUT2D eigenvalue weighted by Gasteiger charge is -2.31. The molecular weight excluding hydrogens is 456 g/mol. The number of hydrogen-bond donors (Lipinski definition) is 0. The first-order valence-corrected chi connectivity index (χ1v) is 11.1. The van der Waals surface area contributed by atoms with Crippen LogP contribution in [0.1, 0.15) is 57.0 Å². The highest BCUT2D eigenvalue weighted by molar-refractivity contribution is 9.10. The molecule has 0 aliphatic carbocycles. The van der Waals surface area contributed by atoms with Crippen LogP contribution in [-0.2, 0) is 14.2 Å². The Morgan fingerprint density at radius 3 is 2.73 bits per heavy atom. The SMILES string of the molecule is CCOC(=O)c1oc2cnc(Br)cc2c1N(C(=O)OCC)[C@@H]1CCCO[C@@H](CC)C1. The maximum atomic E-state index is 13.2. The summed E-state index contributed by atoms with van der Waals surface area (Å²) in [6.45, 7) is 6.56. The molecule has 0 unspecified atom stereocenters. The predicted octanol–water partition coefficient (Wildman–Crippen LogP) is 5.08. The molecule has 3 rings (SSSR count). The van der Waals surface area contributed by atoms with Crippen LogP contribution >= 0.6 is 15.9 Å². The van der Waals surface area contributed by atoms with Gasteiger partial charge in [-0.25, -0.2) is 14.6 Å². The molecule has 1 aliphatic rings. The third-order valence-electron chi connectivity index (χ3n) is 5.07. The highest BCUT2D eigenvalue weighted by Gasteiger charge is 2.37. The summed E-state index contributed by atoms with van der Waals surface area (Å²) in [5.74, 6) is -0.663. The Morgan fingerprint density at radius 2 is 2.03 bits per heavy atom. The summed E-state index contributed by atoms with van der Waals surface area (Å²) in [5.41, 5.74) is 0.745. The van der Waals surface area contributed by atoms with Crippen molar-refractivity contribution in [1.82, 2.24) is 4.98 Å². The molecule has 1 saturated heterocycles. The Labute approximate surface area is 184 Å². The monoisotopic (exact) mass is 482 g/mol. The van der Waals surface area contributed by atoms with Gasteiger partial charge in [0.25, 0.3) is 0 Å². The average molecular weight is 483 g/mol. The second-order valence-corrected chi connectivity index (χ2v) is 7.82. The number of carbonyl (C=O) groups excluding carboxylic acids is 2. The fourth-order valence-electron chi connectivity index (χ4n) is 3.73. The molecule has 0 radical (unpaired) electrons. The van der Waals surface area contributed by atoms with Crippen LogP contribution < -0.4 is 4.90 Å². The lowest BCUT2D eigenvalue weighted by Crippen LogP contribution is -2.43. The molecule has 0 saturated carbocycles. The second kappa shape index (κ2) is 10.3. The van der Waals surface area contributed by atoms with Gasteiger partial charge in [-0.15, -0.1) is 0 Å². The second-order valence-electron chi connectivity index (χ2n) is 7.01. The molecule has 0 N–H and O–H groups in total. The van der Waals surface area contributed by atoms with Crippen molar-refractivity contribution < 1.29 is 28.2 Å². The Morgan fingerprint density at radius 1 is 1.27 bits per heavy atom. The van der Waals surface area contributed by atoms with Gasteiger partial charge in [0.1, 0.15) is 10.3 Å². The summed E-state index contributed by atoms with van der Waals surface area (Å²) in [7, 11) is 0. The van der Waals surface area contributed by atoms with Gasteiger partial charge in [-0.3, -0.25) is 4.90 Å². The number of halogens is 1. The first kappa shape index (κ1) is 22.6. The van der Waals surface area contributed by atoms with E-state index in [1.54, 1.807) is 24.8 Å². The first-order valence-electron chi connectivity index (χ1n) is 10.3. The number of nitrogens with zero attached hydrogens (tertiary/aromatic N) is 2. The van der Waals surface area contributed by atoms with Gasteiger partial charge in [0.15, 0.2) is 5.58 Å². The van der Waals surface area contributed by atoms with Gasteiger partial charge < -0.3 is 18.6 Å². The van der Waals surface area contributed by atoms with E-state index in [1.165, 1.54) is 6.20 Å². The van der Waals surface area contributed by atoms with Crippen LogP contribution in [0, 0.1) is 0 Å². The van der Waals surface area contributed by atoms with Gasteiger partial charge in [-0.05, 0) is 61.5 Å². The van der Waals surface area contributed by atoms with E-state index in [9.17, 15) is 9.59 Å². The van der Waals surface area contributed by atoms with E-state index in [-0.39, 0.29) is 31.1 Å². The van der Waals surface area contributed by atoms with Crippen molar-refractivity contribution in [1.29, 1.82) is 0 Å². The Bertz CT molecular complexity index is 899. The molecule has 2 aromatic heterocycles. The smallest absolute Gasteiger partial charge is 0.414 e. The van der Waals surface area contributed by atoms with Crippen molar-refractivity contribution in [3.05, 3.63) is 22.6 Å². The molecule has 0 aromatic carbocycles. The molecule has 8 nitrogen and oxygen atoms in total. The minimum absolute atomic E-state index is 0.0204. The highest BCUT2D eigenvalue weighted by atomic mass is 79.9. The maximum absolute atomic E-state index is 13.2. The largest absolute Gasteiger partial charge is 0.460 e. The van der Waals surface area contributed by atoms with Gasteiger partial charge in [-0.2, -0.15) is 0 Å². The zero-order chi connectivity index (χ0) is 21.7. The van der Waals surface area contributed by atoms with E-state index in [0.717, 1.165) is 19.3 Å². The Kier molecular flexibility index (Phi) is 7.71. The van der Waals surface area contributed by atoms with Crippen LogP contribution in [0.15, 0.2) is 21.3 Å². The summed E-state index contributed by atoms with van der Waals surface area (Å²) in [6.07, 6.45) is 3.99. The molecule has 1 fully saturated rings. The number of esters is 1.